The number of hydrogen-bond donors (Lipinski definition) is 0. The molecule has 25 heavy (non-hydrogen) atoms. The molecule has 138 valence electrons. The van der Waals surface area contributed by atoms with Crippen molar-refractivity contribution in [2.75, 3.05) is 6.61 Å². The average molecular weight is 344 g/mol. The van der Waals surface area contributed by atoms with E-state index in [1.165, 1.54) is 69.8 Å². The lowest BCUT2D eigenvalue weighted by molar-refractivity contribution is -0.140. The van der Waals surface area contributed by atoms with E-state index in [9.17, 15) is 4.79 Å². The van der Waals surface area contributed by atoms with Crippen molar-refractivity contribution >= 4 is 5.91 Å². The fraction of sp³-hybridized carbons (Fsp3) is 0.682. The van der Waals surface area contributed by atoms with Gasteiger partial charge in [0.1, 0.15) is 5.75 Å². The topological polar surface area (TPSA) is 29.5 Å². The van der Waals surface area contributed by atoms with E-state index in [2.05, 4.69) is 17.9 Å². The number of amides is 1. The molecule has 1 aromatic rings. The quantitative estimate of drug-likeness (QED) is 0.717. The maximum atomic E-state index is 13.1. The molecule has 0 unspecified atom stereocenters. The Morgan fingerprint density at radius 2 is 1.52 bits per heavy atom. The molecular weight excluding hydrogens is 310 g/mol. The molecule has 3 heteroatoms. The van der Waals surface area contributed by atoms with Crippen LogP contribution in [-0.2, 0) is 11.2 Å². The van der Waals surface area contributed by atoms with E-state index in [4.69, 9.17) is 4.74 Å². The van der Waals surface area contributed by atoms with Crippen LogP contribution in [0.1, 0.15) is 76.7 Å². The van der Waals surface area contributed by atoms with E-state index in [-0.39, 0.29) is 12.5 Å². The standard InChI is InChI=1S/C22H33NO2/c1-2-18-11-9-10-16-21(18)25-17-22(24)23(19-12-5-3-6-13-19)20-14-7-4-8-15-20/h9-11,16,19-20H,2-8,12-15,17H2,1H3. The first-order valence-electron chi connectivity index (χ1n) is 10.3. The summed E-state index contributed by atoms with van der Waals surface area (Å²) in [7, 11) is 0. The van der Waals surface area contributed by atoms with E-state index < -0.39 is 0 Å². The zero-order valence-electron chi connectivity index (χ0n) is 15.7. The highest BCUT2D eigenvalue weighted by atomic mass is 16.5. The summed E-state index contributed by atoms with van der Waals surface area (Å²) >= 11 is 0. The zero-order chi connectivity index (χ0) is 17.5. The van der Waals surface area contributed by atoms with Crippen LogP contribution in [-0.4, -0.2) is 29.5 Å². The first-order valence-corrected chi connectivity index (χ1v) is 10.3. The molecule has 0 spiro atoms. The van der Waals surface area contributed by atoms with Gasteiger partial charge in [0.15, 0.2) is 6.61 Å². The van der Waals surface area contributed by atoms with E-state index in [0.29, 0.717) is 12.1 Å². The fourth-order valence-corrected chi connectivity index (χ4v) is 4.57. The molecule has 0 aliphatic heterocycles. The van der Waals surface area contributed by atoms with Crippen molar-refractivity contribution in [1.29, 1.82) is 0 Å². The van der Waals surface area contributed by atoms with Crippen LogP contribution in [0.25, 0.3) is 0 Å². The molecule has 3 rings (SSSR count). The first-order chi connectivity index (χ1) is 12.3. The van der Waals surface area contributed by atoms with Crippen molar-refractivity contribution in [2.45, 2.75) is 89.6 Å². The number of aryl methyl sites for hydroxylation is 1. The van der Waals surface area contributed by atoms with Gasteiger partial charge in [-0.3, -0.25) is 4.79 Å². The molecule has 0 N–H and O–H groups in total. The fourth-order valence-electron chi connectivity index (χ4n) is 4.57. The average Bonchev–Trinajstić information content (AvgIpc) is 2.68. The Kier molecular flexibility index (Phi) is 6.77. The summed E-state index contributed by atoms with van der Waals surface area (Å²) in [5, 5.41) is 0. The van der Waals surface area contributed by atoms with Crippen molar-refractivity contribution in [3.63, 3.8) is 0 Å². The summed E-state index contributed by atoms with van der Waals surface area (Å²) in [6.07, 6.45) is 13.3. The molecule has 3 nitrogen and oxygen atoms in total. The van der Waals surface area contributed by atoms with E-state index in [1.807, 2.05) is 18.2 Å². The largest absolute Gasteiger partial charge is 0.483 e. The van der Waals surface area contributed by atoms with Gasteiger partial charge in [-0.25, -0.2) is 0 Å². The van der Waals surface area contributed by atoms with Gasteiger partial charge in [-0.1, -0.05) is 63.6 Å². The third-order valence-corrected chi connectivity index (χ3v) is 5.93. The summed E-state index contributed by atoms with van der Waals surface area (Å²) in [6, 6.07) is 8.96. The molecule has 0 saturated heterocycles. The summed E-state index contributed by atoms with van der Waals surface area (Å²) in [4.78, 5) is 15.4. The number of hydrogen-bond acceptors (Lipinski definition) is 2. The summed E-state index contributed by atoms with van der Waals surface area (Å²) in [6.45, 7) is 2.31. The summed E-state index contributed by atoms with van der Waals surface area (Å²) in [5.41, 5.74) is 1.18. The van der Waals surface area contributed by atoms with E-state index in [1.54, 1.807) is 0 Å². The molecule has 0 aromatic heterocycles. The van der Waals surface area contributed by atoms with Gasteiger partial charge in [0, 0.05) is 12.1 Å². The molecule has 1 aromatic carbocycles. The van der Waals surface area contributed by atoms with Gasteiger partial charge in [-0.2, -0.15) is 0 Å². The highest BCUT2D eigenvalue weighted by molar-refractivity contribution is 5.78. The predicted molar refractivity (Wildman–Crippen MR) is 102 cm³/mol. The molecule has 2 saturated carbocycles. The molecule has 0 bridgehead atoms. The smallest absolute Gasteiger partial charge is 0.261 e. The number of rotatable bonds is 6. The van der Waals surface area contributed by atoms with Crippen LogP contribution in [0.15, 0.2) is 24.3 Å². The van der Waals surface area contributed by atoms with Gasteiger partial charge in [0.05, 0.1) is 0 Å². The minimum atomic E-state index is 0.185. The van der Waals surface area contributed by atoms with Crippen LogP contribution < -0.4 is 4.74 Å². The van der Waals surface area contributed by atoms with Crippen molar-refractivity contribution in [1.82, 2.24) is 4.90 Å². The lowest BCUT2D eigenvalue weighted by atomic mass is 9.88. The van der Waals surface area contributed by atoms with Gasteiger partial charge in [-0.05, 0) is 43.7 Å². The molecule has 1 amide bonds. The highest BCUT2D eigenvalue weighted by Crippen LogP contribution is 2.30. The summed E-state index contributed by atoms with van der Waals surface area (Å²) in [5.74, 6) is 1.07. The predicted octanol–water partition coefficient (Wildman–Crippen LogP) is 5.12. The summed E-state index contributed by atoms with van der Waals surface area (Å²) < 4.78 is 5.96. The lowest BCUT2D eigenvalue weighted by Crippen LogP contribution is -2.50. The molecule has 0 atom stereocenters. The normalized spacial score (nSPS) is 19.6. The molecule has 0 radical (unpaired) electrons. The van der Waals surface area contributed by atoms with Gasteiger partial charge in [0.25, 0.3) is 5.91 Å². The Hall–Kier alpha value is -1.51. The maximum Gasteiger partial charge on any atom is 0.261 e. The Morgan fingerprint density at radius 3 is 2.08 bits per heavy atom. The second kappa shape index (κ2) is 9.26. The molecular formula is C22H33NO2. The Labute approximate surface area is 152 Å². The van der Waals surface area contributed by atoms with Crippen LogP contribution in [0.4, 0.5) is 0 Å². The second-order valence-electron chi connectivity index (χ2n) is 7.63. The van der Waals surface area contributed by atoms with E-state index in [0.717, 1.165) is 12.2 Å². The molecule has 0 heterocycles. The third kappa shape index (κ3) is 4.77. The number of carbonyl (C=O) groups is 1. The molecule has 2 aliphatic rings. The second-order valence-corrected chi connectivity index (χ2v) is 7.63. The lowest BCUT2D eigenvalue weighted by Gasteiger charge is -2.41. The number of para-hydroxylation sites is 1. The Balaban J connectivity index is 1.67. The van der Waals surface area contributed by atoms with Crippen LogP contribution in [0.5, 0.6) is 5.75 Å². The van der Waals surface area contributed by atoms with Crippen molar-refractivity contribution in [2.24, 2.45) is 0 Å². The number of carbonyl (C=O) groups excluding carboxylic acids is 1. The van der Waals surface area contributed by atoms with Crippen molar-refractivity contribution in [3.05, 3.63) is 29.8 Å². The number of ether oxygens (including phenoxy) is 1. The Morgan fingerprint density at radius 1 is 0.960 bits per heavy atom. The number of nitrogens with zero attached hydrogens (tertiary/aromatic N) is 1. The Bertz CT molecular complexity index is 527. The molecule has 2 fully saturated rings. The van der Waals surface area contributed by atoms with Crippen molar-refractivity contribution in [3.8, 4) is 5.75 Å². The van der Waals surface area contributed by atoms with Crippen LogP contribution in [0.3, 0.4) is 0 Å². The minimum absolute atomic E-state index is 0.185. The highest BCUT2D eigenvalue weighted by Gasteiger charge is 2.32. The third-order valence-electron chi connectivity index (χ3n) is 5.93. The molecule has 2 aliphatic carbocycles. The van der Waals surface area contributed by atoms with Gasteiger partial charge in [0.2, 0.25) is 0 Å². The van der Waals surface area contributed by atoms with Gasteiger partial charge in [-0.15, -0.1) is 0 Å². The number of benzene rings is 1. The van der Waals surface area contributed by atoms with Gasteiger partial charge >= 0.3 is 0 Å². The van der Waals surface area contributed by atoms with Gasteiger partial charge < -0.3 is 9.64 Å². The van der Waals surface area contributed by atoms with E-state index >= 15 is 0 Å². The first kappa shape index (κ1) is 18.3. The van der Waals surface area contributed by atoms with Crippen molar-refractivity contribution < 1.29 is 9.53 Å². The maximum absolute atomic E-state index is 13.1. The van der Waals surface area contributed by atoms with Crippen LogP contribution >= 0.6 is 0 Å². The van der Waals surface area contributed by atoms with Crippen LogP contribution in [0, 0.1) is 0 Å². The monoisotopic (exact) mass is 343 g/mol. The minimum Gasteiger partial charge on any atom is -0.483 e. The zero-order valence-corrected chi connectivity index (χ0v) is 15.7. The van der Waals surface area contributed by atoms with Crippen LogP contribution in [0.2, 0.25) is 0 Å². The SMILES string of the molecule is CCc1ccccc1OCC(=O)N(C1CCCCC1)C1CCCCC1.